The Morgan fingerprint density at radius 3 is 2.59 bits per heavy atom. The predicted octanol–water partition coefficient (Wildman–Crippen LogP) is 8.20. The summed E-state index contributed by atoms with van der Waals surface area (Å²) in [6, 6.07) is 17.4. The second kappa shape index (κ2) is 9.13. The summed E-state index contributed by atoms with van der Waals surface area (Å²) in [7, 11) is 0. The number of benzene rings is 2. The van der Waals surface area contributed by atoms with Crippen molar-refractivity contribution in [2.24, 2.45) is 0 Å². The fraction of sp³-hybridized carbons (Fsp3) is 0. The summed E-state index contributed by atoms with van der Waals surface area (Å²) in [4.78, 5) is 17.0. The van der Waals surface area contributed by atoms with E-state index in [9.17, 15) is 10.1 Å². The summed E-state index contributed by atoms with van der Waals surface area (Å²) < 4.78 is 11.3. The van der Waals surface area contributed by atoms with Crippen LogP contribution in [-0.2, 0) is 0 Å². The number of nitriles is 1. The quantitative estimate of drug-likeness (QED) is 0.174. The molecular weight excluding hydrogens is 515 g/mol. The molecule has 0 spiro atoms. The molecule has 5 nitrogen and oxygen atoms in total. The van der Waals surface area contributed by atoms with Gasteiger partial charge in [-0.2, -0.15) is 5.26 Å². The Morgan fingerprint density at radius 1 is 1.03 bits per heavy atom. The number of hydrogen-bond acceptors (Lipinski definition) is 6. The summed E-state index contributed by atoms with van der Waals surface area (Å²) in [5.41, 5.74) is 1.43. The molecule has 0 radical (unpaired) electrons. The summed E-state index contributed by atoms with van der Waals surface area (Å²) in [6.45, 7) is 0. The van der Waals surface area contributed by atoms with Gasteiger partial charge in [0.2, 0.25) is 0 Å². The molecule has 0 saturated carbocycles. The first-order valence-corrected chi connectivity index (χ1v) is 11.8. The smallest absolute Gasteiger partial charge is 0.345 e. The van der Waals surface area contributed by atoms with Crippen LogP contribution in [-0.4, -0.2) is 4.98 Å². The zero-order valence-electron chi connectivity index (χ0n) is 17.0. The monoisotopic (exact) mass is 524 g/mol. The molecule has 34 heavy (non-hydrogen) atoms. The van der Waals surface area contributed by atoms with Crippen molar-refractivity contribution in [2.75, 3.05) is 0 Å². The fourth-order valence-corrected chi connectivity index (χ4v) is 4.93. The molecule has 3 aromatic heterocycles. The molecule has 0 bridgehead atoms. The van der Waals surface area contributed by atoms with Gasteiger partial charge < -0.3 is 8.83 Å². The Kier molecular flexibility index (Phi) is 6.03. The van der Waals surface area contributed by atoms with Crippen LogP contribution in [0.25, 0.3) is 45.2 Å². The van der Waals surface area contributed by atoms with E-state index in [1.54, 1.807) is 66.1 Å². The molecule has 0 atom stereocenters. The summed E-state index contributed by atoms with van der Waals surface area (Å²) in [5.74, 6) is 0.908. The first-order valence-electron chi connectivity index (χ1n) is 9.78. The van der Waals surface area contributed by atoms with Gasteiger partial charge in [0, 0.05) is 21.9 Å². The summed E-state index contributed by atoms with van der Waals surface area (Å²) in [5, 5.41) is 14.0. The highest BCUT2D eigenvalue weighted by atomic mass is 35.5. The molecule has 9 heteroatoms. The first kappa shape index (κ1) is 22.5. The van der Waals surface area contributed by atoms with E-state index in [4.69, 9.17) is 43.6 Å². The number of hydrogen-bond donors (Lipinski definition) is 0. The highest BCUT2D eigenvalue weighted by molar-refractivity contribution is 7.11. The van der Waals surface area contributed by atoms with Gasteiger partial charge in [-0.1, -0.05) is 40.9 Å². The number of rotatable bonds is 4. The number of halogens is 3. The second-order valence-electron chi connectivity index (χ2n) is 7.14. The first-order chi connectivity index (χ1) is 16.4. The van der Waals surface area contributed by atoms with Gasteiger partial charge in [0.05, 0.1) is 32.4 Å². The molecular formula is C25H11Cl3N2O3S. The number of nitrogens with zero attached hydrogens (tertiary/aromatic N) is 2. The Hall–Kier alpha value is -3.34. The molecule has 0 aliphatic rings. The number of fused-ring (bicyclic) bond motifs is 1. The van der Waals surface area contributed by atoms with Crippen molar-refractivity contribution in [3.63, 3.8) is 0 Å². The zero-order valence-corrected chi connectivity index (χ0v) is 20.1. The summed E-state index contributed by atoms with van der Waals surface area (Å²) in [6.07, 6.45) is 1.57. The zero-order chi connectivity index (χ0) is 23.8. The molecule has 0 aliphatic carbocycles. The second-order valence-corrected chi connectivity index (χ2v) is 9.25. The Labute approximate surface area is 212 Å². The van der Waals surface area contributed by atoms with E-state index in [2.05, 4.69) is 11.1 Å². The van der Waals surface area contributed by atoms with Crippen molar-refractivity contribution in [2.45, 2.75) is 0 Å². The molecule has 0 fully saturated rings. The lowest BCUT2D eigenvalue weighted by Gasteiger charge is -2.02. The van der Waals surface area contributed by atoms with Crippen molar-refractivity contribution < 1.29 is 8.83 Å². The van der Waals surface area contributed by atoms with Crippen molar-refractivity contribution >= 4 is 68.8 Å². The van der Waals surface area contributed by atoms with Crippen LogP contribution in [0.1, 0.15) is 10.8 Å². The van der Waals surface area contributed by atoms with Gasteiger partial charge in [-0.3, -0.25) is 0 Å². The van der Waals surface area contributed by atoms with Gasteiger partial charge in [-0.15, -0.1) is 11.3 Å². The van der Waals surface area contributed by atoms with Crippen LogP contribution >= 0.6 is 46.1 Å². The maximum Gasteiger partial charge on any atom is 0.345 e. The third-order valence-corrected chi connectivity index (χ3v) is 6.69. The van der Waals surface area contributed by atoms with Gasteiger partial charge in [0.1, 0.15) is 28.2 Å². The van der Waals surface area contributed by atoms with Crippen molar-refractivity contribution in [3.8, 4) is 28.7 Å². The van der Waals surface area contributed by atoms with Gasteiger partial charge >= 0.3 is 5.63 Å². The van der Waals surface area contributed by atoms with E-state index in [-0.39, 0.29) is 11.1 Å². The molecule has 5 rings (SSSR count). The number of furan rings is 1. The number of thiazole rings is 1. The van der Waals surface area contributed by atoms with Gasteiger partial charge in [0.15, 0.2) is 0 Å². The molecule has 166 valence electrons. The van der Waals surface area contributed by atoms with Crippen LogP contribution < -0.4 is 5.63 Å². The maximum atomic E-state index is 12.5. The van der Waals surface area contributed by atoms with Crippen LogP contribution in [0.15, 0.2) is 73.6 Å². The molecule has 0 unspecified atom stereocenters. The lowest BCUT2D eigenvalue weighted by molar-refractivity contribution is 0.563. The normalized spacial score (nSPS) is 11.6. The third-order valence-electron chi connectivity index (χ3n) is 4.95. The SMILES string of the molecule is N#C/C(=C\c1ccc(-c2c(Cl)cccc2Cl)o1)c1nc(-c2cc3cc(Cl)ccc3oc2=O)cs1. The van der Waals surface area contributed by atoms with E-state index >= 15 is 0 Å². The standard InChI is InChI=1S/C25H11Cl3N2O3S/c26-15-4-6-21-13(8-15)10-17(25(31)33-21)20-12-34-24(30-20)14(11-29)9-16-5-7-22(32-16)23-18(27)2-1-3-19(23)28/h1-10,12H/b14-9+. The van der Waals surface area contributed by atoms with E-state index in [1.165, 1.54) is 11.3 Å². The van der Waals surface area contributed by atoms with E-state index < -0.39 is 5.63 Å². The van der Waals surface area contributed by atoms with Crippen LogP contribution in [0.2, 0.25) is 15.1 Å². The van der Waals surface area contributed by atoms with Crippen molar-refractivity contribution in [1.29, 1.82) is 5.26 Å². The van der Waals surface area contributed by atoms with Crippen molar-refractivity contribution in [1.82, 2.24) is 4.98 Å². The minimum atomic E-state index is -0.526. The van der Waals surface area contributed by atoms with Crippen LogP contribution in [0.5, 0.6) is 0 Å². The van der Waals surface area contributed by atoms with Crippen LogP contribution in [0.3, 0.4) is 0 Å². The largest absolute Gasteiger partial charge is 0.457 e. The Morgan fingerprint density at radius 2 is 1.82 bits per heavy atom. The predicted molar refractivity (Wildman–Crippen MR) is 136 cm³/mol. The third kappa shape index (κ3) is 4.27. The summed E-state index contributed by atoms with van der Waals surface area (Å²) >= 11 is 19.8. The molecule has 2 aromatic carbocycles. The minimum absolute atomic E-state index is 0.274. The minimum Gasteiger partial charge on any atom is -0.457 e. The lowest BCUT2D eigenvalue weighted by Crippen LogP contribution is -2.02. The van der Waals surface area contributed by atoms with E-state index in [0.29, 0.717) is 53.8 Å². The molecule has 0 amide bonds. The number of aromatic nitrogens is 1. The Balaban J connectivity index is 1.50. The highest BCUT2D eigenvalue weighted by Gasteiger charge is 2.16. The Bertz CT molecular complexity index is 1670. The molecule has 5 aromatic rings. The molecule has 3 heterocycles. The molecule has 0 saturated heterocycles. The molecule has 0 N–H and O–H groups in total. The van der Waals surface area contributed by atoms with Crippen molar-refractivity contribution in [3.05, 3.63) is 96.2 Å². The topological polar surface area (TPSA) is 80.0 Å². The van der Waals surface area contributed by atoms with Crippen LogP contribution in [0.4, 0.5) is 0 Å². The highest BCUT2D eigenvalue weighted by Crippen LogP contribution is 2.36. The lowest BCUT2D eigenvalue weighted by atomic mass is 10.1. The van der Waals surface area contributed by atoms with Crippen LogP contribution in [0, 0.1) is 11.3 Å². The maximum absolute atomic E-state index is 12.5. The van der Waals surface area contributed by atoms with Gasteiger partial charge in [-0.25, -0.2) is 9.78 Å². The van der Waals surface area contributed by atoms with Gasteiger partial charge in [0.25, 0.3) is 0 Å². The average molecular weight is 526 g/mol. The molecule has 0 aliphatic heterocycles. The number of allylic oxidation sites excluding steroid dienone is 1. The average Bonchev–Trinajstić information content (AvgIpc) is 3.47. The van der Waals surface area contributed by atoms with Gasteiger partial charge in [-0.05, 0) is 48.5 Å². The fourth-order valence-electron chi connectivity index (χ4n) is 3.38. The van der Waals surface area contributed by atoms with E-state index in [0.717, 1.165) is 0 Å². The van der Waals surface area contributed by atoms with E-state index in [1.807, 2.05) is 0 Å².